The molecule has 152 valence electrons. The Kier molecular flexibility index (Phi) is 8.69. The number of hydrogen-bond donors (Lipinski definition) is 2. The van der Waals surface area contributed by atoms with E-state index in [0.717, 1.165) is 32.2 Å². The summed E-state index contributed by atoms with van der Waals surface area (Å²) in [6.45, 7) is 2.49. The van der Waals surface area contributed by atoms with E-state index in [9.17, 15) is 13.2 Å². The summed E-state index contributed by atoms with van der Waals surface area (Å²) in [6.07, 6.45) is 5.15. The highest BCUT2D eigenvalue weighted by Gasteiger charge is 2.29. The van der Waals surface area contributed by atoms with Crippen molar-refractivity contribution in [3.05, 3.63) is 29.8 Å². The Hall–Kier alpha value is -1.48. The molecule has 0 unspecified atom stereocenters. The van der Waals surface area contributed by atoms with Crippen LogP contribution in [0.15, 0.2) is 29.2 Å². The van der Waals surface area contributed by atoms with Crippen LogP contribution in [-0.2, 0) is 14.8 Å². The molecular formula is C19H31N3O4S. The van der Waals surface area contributed by atoms with Crippen LogP contribution in [0.25, 0.3) is 0 Å². The van der Waals surface area contributed by atoms with Gasteiger partial charge in [0.1, 0.15) is 0 Å². The number of benzene rings is 1. The summed E-state index contributed by atoms with van der Waals surface area (Å²) in [5, 5.41) is 5.95. The molecule has 1 fully saturated rings. The number of hydrogen-bond acceptors (Lipinski definition) is 5. The Morgan fingerprint density at radius 1 is 1.11 bits per heavy atom. The summed E-state index contributed by atoms with van der Waals surface area (Å²) < 4.78 is 32.1. The molecule has 0 heterocycles. The Morgan fingerprint density at radius 2 is 1.78 bits per heavy atom. The Morgan fingerprint density at radius 3 is 2.41 bits per heavy atom. The van der Waals surface area contributed by atoms with Crippen LogP contribution in [-0.4, -0.2) is 65.1 Å². The van der Waals surface area contributed by atoms with Crippen LogP contribution in [0.3, 0.4) is 0 Å². The Labute approximate surface area is 162 Å². The molecule has 0 radical (unpaired) electrons. The summed E-state index contributed by atoms with van der Waals surface area (Å²) in [4.78, 5) is 12.4. The highest BCUT2D eigenvalue weighted by molar-refractivity contribution is 7.89. The van der Waals surface area contributed by atoms with Gasteiger partial charge in [-0.1, -0.05) is 19.3 Å². The zero-order valence-corrected chi connectivity index (χ0v) is 17.1. The molecule has 1 aromatic rings. The molecule has 1 aliphatic rings. The van der Waals surface area contributed by atoms with Gasteiger partial charge >= 0.3 is 0 Å². The van der Waals surface area contributed by atoms with Gasteiger partial charge < -0.3 is 15.4 Å². The topological polar surface area (TPSA) is 87.7 Å². The summed E-state index contributed by atoms with van der Waals surface area (Å²) in [6, 6.07) is 6.23. The van der Waals surface area contributed by atoms with E-state index >= 15 is 0 Å². The third-order valence-corrected chi connectivity index (χ3v) is 6.88. The van der Waals surface area contributed by atoms with E-state index in [-0.39, 0.29) is 16.8 Å². The molecule has 27 heavy (non-hydrogen) atoms. The van der Waals surface area contributed by atoms with Crippen molar-refractivity contribution in [1.29, 1.82) is 0 Å². The second kappa shape index (κ2) is 10.8. The predicted octanol–water partition coefficient (Wildman–Crippen LogP) is 1.61. The largest absolute Gasteiger partial charge is 0.383 e. The molecule has 7 nitrogen and oxygen atoms in total. The van der Waals surface area contributed by atoms with Gasteiger partial charge in [-0.3, -0.25) is 4.79 Å². The second-order valence-electron chi connectivity index (χ2n) is 6.84. The van der Waals surface area contributed by atoms with Gasteiger partial charge in [0.15, 0.2) is 0 Å². The normalized spacial score (nSPS) is 15.8. The lowest BCUT2D eigenvalue weighted by Gasteiger charge is -2.30. The molecule has 0 bridgehead atoms. The van der Waals surface area contributed by atoms with Crippen molar-refractivity contribution in [3.8, 4) is 0 Å². The van der Waals surface area contributed by atoms with Gasteiger partial charge in [0.05, 0.1) is 11.5 Å². The molecule has 2 rings (SSSR count). The van der Waals surface area contributed by atoms with Crippen LogP contribution >= 0.6 is 0 Å². The van der Waals surface area contributed by atoms with E-state index in [0.29, 0.717) is 25.3 Å². The lowest BCUT2D eigenvalue weighted by Crippen LogP contribution is -2.38. The molecule has 2 N–H and O–H groups in total. The maximum Gasteiger partial charge on any atom is 0.251 e. The van der Waals surface area contributed by atoms with E-state index in [2.05, 4.69) is 10.6 Å². The quantitative estimate of drug-likeness (QED) is 0.586. The number of carbonyl (C=O) groups excluding carboxylic acids is 1. The third kappa shape index (κ3) is 6.27. The molecule has 1 aliphatic carbocycles. The first kappa shape index (κ1) is 21.8. The monoisotopic (exact) mass is 397 g/mol. The van der Waals surface area contributed by atoms with Crippen molar-refractivity contribution in [2.45, 2.75) is 43.0 Å². The first-order valence-corrected chi connectivity index (χ1v) is 11.0. The molecule has 0 aromatic heterocycles. The van der Waals surface area contributed by atoms with Gasteiger partial charge in [0.25, 0.3) is 5.91 Å². The predicted molar refractivity (Wildman–Crippen MR) is 105 cm³/mol. The first-order chi connectivity index (χ1) is 13.0. The first-order valence-electron chi connectivity index (χ1n) is 9.53. The molecule has 0 aliphatic heterocycles. The fraction of sp³-hybridized carbons (Fsp3) is 0.632. The van der Waals surface area contributed by atoms with Crippen LogP contribution in [0.2, 0.25) is 0 Å². The van der Waals surface area contributed by atoms with Gasteiger partial charge in [0.2, 0.25) is 10.0 Å². The van der Waals surface area contributed by atoms with Crippen LogP contribution in [0.5, 0.6) is 0 Å². The molecule has 0 spiro atoms. The van der Waals surface area contributed by atoms with E-state index in [1.54, 1.807) is 26.3 Å². The number of nitrogens with zero attached hydrogens (tertiary/aromatic N) is 1. The van der Waals surface area contributed by atoms with Gasteiger partial charge in [-0.15, -0.1) is 0 Å². The smallest absolute Gasteiger partial charge is 0.251 e. The highest BCUT2D eigenvalue weighted by Crippen LogP contribution is 2.26. The molecule has 1 amide bonds. The number of methoxy groups -OCH3 is 1. The number of rotatable bonds is 10. The van der Waals surface area contributed by atoms with Crippen LogP contribution in [0.4, 0.5) is 0 Å². The maximum absolute atomic E-state index is 12.8. The van der Waals surface area contributed by atoms with Crippen molar-refractivity contribution in [1.82, 2.24) is 14.9 Å². The standard InChI is InChI=1S/C19H31N3O4S/c1-22(17-6-4-3-5-7-17)27(24,25)18-10-8-16(9-11-18)19(23)21-13-12-20-14-15-26-2/h8-11,17,20H,3-7,12-15H2,1-2H3,(H,21,23). The van der Waals surface area contributed by atoms with Crippen molar-refractivity contribution in [2.24, 2.45) is 0 Å². The van der Waals surface area contributed by atoms with E-state index in [4.69, 9.17) is 4.74 Å². The molecule has 0 saturated heterocycles. The SMILES string of the molecule is COCCNCCNC(=O)c1ccc(S(=O)(=O)N(C)C2CCCCC2)cc1. The summed E-state index contributed by atoms with van der Waals surface area (Å²) in [7, 11) is -0.237. The molecule has 0 atom stereocenters. The minimum absolute atomic E-state index is 0.0670. The average molecular weight is 398 g/mol. The molecule has 1 aromatic carbocycles. The van der Waals surface area contributed by atoms with Crippen LogP contribution in [0, 0.1) is 0 Å². The zero-order valence-electron chi connectivity index (χ0n) is 16.2. The second-order valence-corrected chi connectivity index (χ2v) is 8.83. The summed E-state index contributed by atoms with van der Waals surface area (Å²) in [5.41, 5.74) is 0.450. The van der Waals surface area contributed by atoms with E-state index in [1.165, 1.54) is 22.9 Å². The van der Waals surface area contributed by atoms with Gasteiger partial charge in [0, 0.05) is 45.4 Å². The van der Waals surface area contributed by atoms with Crippen molar-refractivity contribution in [2.75, 3.05) is 40.4 Å². The Bertz CT molecular complexity index is 685. The van der Waals surface area contributed by atoms with Gasteiger partial charge in [-0.25, -0.2) is 8.42 Å². The van der Waals surface area contributed by atoms with Crippen molar-refractivity contribution >= 4 is 15.9 Å². The number of sulfonamides is 1. The minimum Gasteiger partial charge on any atom is -0.383 e. The fourth-order valence-electron chi connectivity index (χ4n) is 3.25. The highest BCUT2D eigenvalue weighted by atomic mass is 32.2. The average Bonchev–Trinajstić information content (AvgIpc) is 2.70. The third-order valence-electron chi connectivity index (χ3n) is 4.95. The Balaban J connectivity index is 1.90. The van der Waals surface area contributed by atoms with Crippen LogP contribution in [0.1, 0.15) is 42.5 Å². The van der Waals surface area contributed by atoms with Crippen molar-refractivity contribution in [3.63, 3.8) is 0 Å². The number of nitrogens with one attached hydrogen (secondary N) is 2. The van der Waals surface area contributed by atoms with E-state index in [1.807, 2.05) is 0 Å². The maximum atomic E-state index is 12.8. The lowest BCUT2D eigenvalue weighted by molar-refractivity contribution is 0.0953. The minimum atomic E-state index is -3.53. The van der Waals surface area contributed by atoms with Crippen molar-refractivity contribution < 1.29 is 17.9 Å². The fourth-order valence-corrected chi connectivity index (χ4v) is 4.67. The van der Waals surface area contributed by atoms with Gasteiger partial charge in [-0.05, 0) is 37.1 Å². The number of amides is 1. The van der Waals surface area contributed by atoms with Crippen LogP contribution < -0.4 is 10.6 Å². The molecule has 1 saturated carbocycles. The zero-order chi connectivity index (χ0) is 19.7. The summed E-state index contributed by atoms with van der Waals surface area (Å²) in [5.74, 6) is -0.215. The summed E-state index contributed by atoms with van der Waals surface area (Å²) >= 11 is 0. The van der Waals surface area contributed by atoms with Gasteiger partial charge in [-0.2, -0.15) is 4.31 Å². The van der Waals surface area contributed by atoms with E-state index < -0.39 is 10.0 Å². The molecule has 8 heteroatoms. The lowest BCUT2D eigenvalue weighted by atomic mass is 9.96. The number of carbonyl (C=O) groups is 1. The number of ether oxygens (including phenoxy) is 1. The molecular weight excluding hydrogens is 366 g/mol.